The van der Waals surface area contributed by atoms with Gasteiger partial charge in [0.1, 0.15) is 0 Å². The fourth-order valence-corrected chi connectivity index (χ4v) is 1.79. The van der Waals surface area contributed by atoms with Crippen LogP contribution < -0.4 is 0 Å². The van der Waals surface area contributed by atoms with Gasteiger partial charge in [0.05, 0.1) is 12.6 Å². The van der Waals surface area contributed by atoms with Crippen molar-refractivity contribution in [2.75, 3.05) is 6.61 Å². The minimum atomic E-state index is -0.626. The number of imide groups is 1. The third kappa shape index (κ3) is 3.89. The van der Waals surface area contributed by atoms with Gasteiger partial charge in [0, 0.05) is 0 Å². The van der Waals surface area contributed by atoms with E-state index in [0.717, 1.165) is 22.6 Å². The smallest absolute Gasteiger partial charge is 0.253 e. The zero-order valence-electron chi connectivity index (χ0n) is 10.7. The largest absolute Gasteiger partial charge is 0.394 e. The Morgan fingerprint density at radius 1 is 1.16 bits per heavy atom. The SMILES string of the molecule is C=CC(=O)N(C(=O)C=C)[C@H](CO)Cc1ccccc1. The minimum Gasteiger partial charge on any atom is -0.394 e. The number of rotatable bonds is 6. The van der Waals surface area contributed by atoms with Crippen LogP contribution in [0.5, 0.6) is 0 Å². The first-order chi connectivity index (χ1) is 9.13. The first-order valence-electron chi connectivity index (χ1n) is 5.90. The van der Waals surface area contributed by atoms with E-state index in [-0.39, 0.29) is 6.61 Å². The monoisotopic (exact) mass is 259 g/mol. The molecule has 1 aromatic rings. The molecule has 0 bridgehead atoms. The molecule has 0 aliphatic rings. The lowest BCUT2D eigenvalue weighted by atomic mass is 10.0. The van der Waals surface area contributed by atoms with Crippen LogP contribution in [0.25, 0.3) is 0 Å². The summed E-state index contributed by atoms with van der Waals surface area (Å²) < 4.78 is 0. The highest BCUT2D eigenvalue weighted by Gasteiger charge is 2.26. The molecule has 1 atom stereocenters. The lowest BCUT2D eigenvalue weighted by Crippen LogP contribution is -2.46. The highest BCUT2D eigenvalue weighted by molar-refractivity contribution is 6.05. The van der Waals surface area contributed by atoms with Crippen molar-refractivity contribution < 1.29 is 14.7 Å². The maximum atomic E-state index is 11.7. The minimum absolute atomic E-state index is 0.311. The molecule has 0 spiro atoms. The molecule has 0 unspecified atom stereocenters. The number of amides is 2. The summed E-state index contributed by atoms with van der Waals surface area (Å²) in [4.78, 5) is 24.4. The number of aliphatic hydroxyl groups excluding tert-OH is 1. The molecule has 0 aliphatic carbocycles. The highest BCUT2D eigenvalue weighted by Crippen LogP contribution is 2.10. The van der Waals surface area contributed by atoms with E-state index in [1.165, 1.54) is 0 Å². The van der Waals surface area contributed by atoms with Crippen LogP contribution in [0.2, 0.25) is 0 Å². The quantitative estimate of drug-likeness (QED) is 0.784. The van der Waals surface area contributed by atoms with Gasteiger partial charge in [-0.15, -0.1) is 0 Å². The number of carbonyl (C=O) groups is 2. The average Bonchev–Trinajstić information content (AvgIpc) is 2.46. The van der Waals surface area contributed by atoms with Gasteiger partial charge in [0.15, 0.2) is 0 Å². The number of hydrogen-bond donors (Lipinski definition) is 1. The Kier molecular flexibility index (Phi) is 5.70. The van der Waals surface area contributed by atoms with E-state index in [4.69, 9.17) is 0 Å². The van der Waals surface area contributed by atoms with Crippen molar-refractivity contribution in [2.24, 2.45) is 0 Å². The number of benzene rings is 1. The molecular weight excluding hydrogens is 242 g/mol. The van der Waals surface area contributed by atoms with Gasteiger partial charge in [-0.1, -0.05) is 43.5 Å². The normalized spacial score (nSPS) is 11.4. The van der Waals surface area contributed by atoms with Crippen LogP contribution >= 0.6 is 0 Å². The molecule has 19 heavy (non-hydrogen) atoms. The molecule has 0 aliphatic heterocycles. The Labute approximate surface area is 112 Å². The van der Waals surface area contributed by atoms with Gasteiger partial charge >= 0.3 is 0 Å². The Hall–Kier alpha value is -2.20. The third-order valence-corrected chi connectivity index (χ3v) is 2.71. The van der Waals surface area contributed by atoms with Gasteiger partial charge in [-0.3, -0.25) is 14.5 Å². The summed E-state index contributed by atoms with van der Waals surface area (Å²) in [6.45, 7) is 6.41. The molecule has 100 valence electrons. The summed E-state index contributed by atoms with van der Waals surface area (Å²) in [6.07, 6.45) is 2.49. The number of aliphatic hydroxyl groups is 1. The Morgan fingerprint density at radius 3 is 2.11 bits per heavy atom. The zero-order valence-corrected chi connectivity index (χ0v) is 10.7. The van der Waals surface area contributed by atoms with Crippen LogP contribution in [0.4, 0.5) is 0 Å². The Balaban J connectivity index is 2.96. The summed E-state index contributed by atoms with van der Waals surface area (Å²) in [5.41, 5.74) is 0.931. The molecule has 0 saturated carbocycles. The maximum absolute atomic E-state index is 11.7. The van der Waals surface area contributed by atoms with Gasteiger partial charge < -0.3 is 5.11 Å². The summed E-state index contributed by atoms with van der Waals surface area (Å²) >= 11 is 0. The van der Waals surface area contributed by atoms with E-state index in [9.17, 15) is 14.7 Å². The van der Waals surface area contributed by atoms with Crippen molar-refractivity contribution in [3.63, 3.8) is 0 Å². The van der Waals surface area contributed by atoms with Crippen LogP contribution in [0, 0.1) is 0 Å². The summed E-state index contributed by atoms with van der Waals surface area (Å²) in [5, 5.41) is 9.43. The van der Waals surface area contributed by atoms with E-state index in [0.29, 0.717) is 6.42 Å². The predicted molar refractivity (Wildman–Crippen MR) is 73.3 cm³/mol. The molecule has 4 nitrogen and oxygen atoms in total. The standard InChI is InChI=1S/C15H17NO3/c1-3-14(18)16(15(19)4-2)13(11-17)10-12-8-6-5-7-9-12/h3-9,13,17H,1-2,10-11H2/t13-/m0/s1. The fourth-order valence-electron chi connectivity index (χ4n) is 1.79. The van der Waals surface area contributed by atoms with E-state index in [2.05, 4.69) is 13.2 Å². The van der Waals surface area contributed by atoms with Crippen LogP contribution in [-0.4, -0.2) is 34.5 Å². The van der Waals surface area contributed by atoms with Gasteiger partial charge in [0.2, 0.25) is 0 Å². The lowest BCUT2D eigenvalue weighted by molar-refractivity contribution is -0.142. The Morgan fingerprint density at radius 2 is 1.68 bits per heavy atom. The van der Waals surface area contributed by atoms with Crippen molar-refractivity contribution in [3.8, 4) is 0 Å². The van der Waals surface area contributed by atoms with Crippen LogP contribution in [-0.2, 0) is 16.0 Å². The van der Waals surface area contributed by atoms with Crippen LogP contribution in [0.15, 0.2) is 55.6 Å². The molecule has 4 heteroatoms. The first kappa shape index (κ1) is 14.9. The van der Waals surface area contributed by atoms with Gasteiger partial charge in [-0.25, -0.2) is 0 Å². The molecule has 1 rings (SSSR count). The van der Waals surface area contributed by atoms with Gasteiger partial charge in [0.25, 0.3) is 11.8 Å². The molecule has 0 fully saturated rings. The van der Waals surface area contributed by atoms with Crippen molar-refractivity contribution in [3.05, 3.63) is 61.2 Å². The van der Waals surface area contributed by atoms with Crippen molar-refractivity contribution >= 4 is 11.8 Å². The molecule has 1 N–H and O–H groups in total. The van der Waals surface area contributed by atoms with E-state index < -0.39 is 17.9 Å². The predicted octanol–water partition coefficient (Wildman–Crippen LogP) is 1.32. The van der Waals surface area contributed by atoms with E-state index in [1.807, 2.05) is 30.3 Å². The zero-order chi connectivity index (χ0) is 14.3. The summed E-state index contributed by atoms with van der Waals surface area (Å²) in [5.74, 6) is -1.08. The van der Waals surface area contributed by atoms with Crippen LogP contribution in [0.1, 0.15) is 5.56 Å². The molecule has 2 amide bonds. The number of nitrogens with zero attached hydrogens (tertiary/aromatic N) is 1. The first-order valence-corrected chi connectivity index (χ1v) is 5.90. The van der Waals surface area contributed by atoms with Gasteiger partial charge in [-0.05, 0) is 24.1 Å². The second-order valence-electron chi connectivity index (χ2n) is 3.98. The fraction of sp³-hybridized carbons (Fsp3) is 0.200. The molecule has 0 radical (unpaired) electrons. The topological polar surface area (TPSA) is 57.6 Å². The average molecular weight is 259 g/mol. The lowest BCUT2D eigenvalue weighted by Gasteiger charge is -2.27. The highest BCUT2D eigenvalue weighted by atomic mass is 16.3. The molecular formula is C15H17NO3. The number of hydrogen-bond acceptors (Lipinski definition) is 3. The second kappa shape index (κ2) is 7.28. The second-order valence-corrected chi connectivity index (χ2v) is 3.98. The number of carbonyl (C=O) groups excluding carboxylic acids is 2. The van der Waals surface area contributed by atoms with Crippen molar-refractivity contribution in [2.45, 2.75) is 12.5 Å². The van der Waals surface area contributed by atoms with Crippen molar-refractivity contribution in [1.82, 2.24) is 4.90 Å². The van der Waals surface area contributed by atoms with Crippen molar-refractivity contribution in [1.29, 1.82) is 0 Å². The molecule has 0 aromatic heterocycles. The summed E-state index contributed by atoms with van der Waals surface area (Å²) in [6, 6.07) is 8.71. The maximum Gasteiger partial charge on any atom is 0.253 e. The van der Waals surface area contributed by atoms with Crippen LogP contribution in [0.3, 0.4) is 0 Å². The molecule has 0 heterocycles. The molecule has 0 saturated heterocycles. The summed E-state index contributed by atoms with van der Waals surface area (Å²) in [7, 11) is 0. The third-order valence-electron chi connectivity index (χ3n) is 2.71. The van der Waals surface area contributed by atoms with E-state index in [1.54, 1.807) is 0 Å². The Bertz CT molecular complexity index is 448. The molecule has 1 aromatic carbocycles. The van der Waals surface area contributed by atoms with Gasteiger partial charge in [-0.2, -0.15) is 0 Å². The van der Waals surface area contributed by atoms with E-state index >= 15 is 0 Å².